The van der Waals surface area contributed by atoms with Gasteiger partial charge >= 0.3 is 7.32 Å². The summed E-state index contributed by atoms with van der Waals surface area (Å²) in [5.41, 5.74) is 0. The molecule has 0 radical (unpaired) electrons. The summed E-state index contributed by atoms with van der Waals surface area (Å²) in [6.07, 6.45) is 0. The molecule has 0 aliphatic heterocycles. The van der Waals surface area contributed by atoms with Crippen molar-refractivity contribution in [2.24, 2.45) is 0 Å². The summed E-state index contributed by atoms with van der Waals surface area (Å²) in [6, 6.07) is 60.7. The van der Waals surface area contributed by atoms with Crippen molar-refractivity contribution in [3.8, 4) is 17.2 Å². The molecule has 200 valence electrons. The van der Waals surface area contributed by atoms with E-state index in [0.29, 0.717) is 17.2 Å². The zero-order valence-corrected chi connectivity index (χ0v) is 23.5. The van der Waals surface area contributed by atoms with Crippen LogP contribution in [0.1, 0.15) is 0 Å². The van der Waals surface area contributed by atoms with E-state index in [4.69, 9.17) is 14.0 Å². The van der Waals surface area contributed by atoms with Gasteiger partial charge in [0.2, 0.25) is 0 Å². The van der Waals surface area contributed by atoms with E-state index in [-0.39, 0.29) is 0 Å². The van der Waals surface area contributed by atoms with Crippen LogP contribution in [0.15, 0.2) is 182 Å². The smallest absolute Gasteiger partial charge is 0.490 e. The van der Waals surface area contributed by atoms with E-state index in [1.54, 1.807) is 0 Å². The topological polar surface area (TPSA) is 27.7 Å². The molecule has 0 heterocycles. The largest absolute Gasteiger partial charge is 0.864 e. The quantitative estimate of drug-likeness (QED) is 0.136. The van der Waals surface area contributed by atoms with Crippen LogP contribution in [-0.4, -0.2) is 7.32 Å². The lowest BCUT2D eigenvalue weighted by atomic mass is 10.2. The number of hydrogen-bond acceptors (Lipinski definition) is 3. The van der Waals surface area contributed by atoms with E-state index >= 15 is 0 Å². The zero-order chi connectivity index (χ0) is 28.0. The molecule has 0 bridgehead atoms. The second-order valence-electron chi connectivity index (χ2n) is 8.92. The number of rotatable bonds is 9. The summed E-state index contributed by atoms with van der Waals surface area (Å²) >= 11 is 0. The maximum atomic E-state index is 5.78. The minimum Gasteiger partial charge on any atom is -0.490 e. The highest BCUT2D eigenvalue weighted by molar-refractivity contribution is 7.79. The molecule has 6 rings (SSSR count). The molecule has 0 amide bonds. The van der Waals surface area contributed by atoms with Crippen molar-refractivity contribution in [2.45, 2.75) is 0 Å². The van der Waals surface area contributed by atoms with Crippen LogP contribution < -0.4 is 29.9 Å². The summed E-state index contributed by atoms with van der Waals surface area (Å²) in [5, 5.41) is 4.19. The Hall–Kier alpha value is -4.79. The van der Waals surface area contributed by atoms with Crippen LogP contribution in [0.3, 0.4) is 0 Å². The average molecular weight is 552 g/mol. The van der Waals surface area contributed by atoms with Crippen LogP contribution in [0, 0.1) is 0 Å². The average Bonchev–Trinajstić information content (AvgIpc) is 3.05. The number of hydrogen-bond donors (Lipinski definition) is 0. The molecule has 6 aromatic carbocycles. The van der Waals surface area contributed by atoms with E-state index in [1.807, 2.05) is 91.0 Å². The van der Waals surface area contributed by atoms with Crippen molar-refractivity contribution in [2.75, 3.05) is 0 Å². The van der Waals surface area contributed by atoms with Gasteiger partial charge in [0.25, 0.3) is 0 Å². The molecular weight excluding hydrogens is 522 g/mol. The van der Waals surface area contributed by atoms with E-state index < -0.39 is 15.2 Å². The third-order valence-corrected chi connectivity index (χ3v) is 8.41. The highest BCUT2D eigenvalue weighted by Crippen LogP contribution is 2.32. The molecule has 5 heteroatoms. The molecule has 0 spiro atoms. The Morgan fingerprint density at radius 3 is 0.756 bits per heavy atom. The number of benzene rings is 6. The van der Waals surface area contributed by atoms with Crippen LogP contribution in [0.2, 0.25) is 0 Å². The highest BCUT2D eigenvalue weighted by Gasteiger charge is 2.30. The Bertz CT molecular complexity index is 1350. The predicted molar refractivity (Wildman–Crippen MR) is 172 cm³/mol. The standard InChI is InChI=1S/C18H15BO3.C18H15P/c1-4-10-16(11-5-1)20-19(21-17-12-6-2-7-13-17)22-18-14-8-3-9-15-18;1-4-10-16(11-5-1)19(17-12-6-2-7-13-17)18-14-8-3-9-15-18/h1-15H;1-15H. The fourth-order valence-electron chi connectivity index (χ4n) is 4.08. The van der Waals surface area contributed by atoms with Gasteiger partial charge in [0, 0.05) is 0 Å². The first kappa shape index (κ1) is 27.8. The molecule has 0 saturated carbocycles. The Kier molecular flexibility index (Phi) is 10.2. The van der Waals surface area contributed by atoms with Crippen molar-refractivity contribution in [1.82, 2.24) is 0 Å². The molecule has 0 unspecified atom stereocenters. The molecule has 6 aromatic rings. The van der Waals surface area contributed by atoms with Gasteiger partial charge in [-0.15, -0.1) is 0 Å². The Balaban J connectivity index is 0.000000166. The van der Waals surface area contributed by atoms with E-state index in [1.165, 1.54) is 15.9 Å². The second kappa shape index (κ2) is 15.1. The SMILES string of the molecule is c1ccc(OB(Oc2ccccc2)Oc2ccccc2)cc1.c1ccc(P(c2ccccc2)c2ccccc2)cc1. The predicted octanol–water partition coefficient (Wildman–Crippen LogP) is 7.65. The van der Waals surface area contributed by atoms with E-state index in [9.17, 15) is 0 Å². The van der Waals surface area contributed by atoms with Gasteiger partial charge in [-0.2, -0.15) is 0 Å². The summed E-state index contributed by atoms with van der Waals surface area (Å²) in [4.78, 5) is 0. The summed E-state index contributed by atoms with van der Waals surface area (Å²) in [5.74, 6) is 2.04. The maximum absolute atomic E-state index is 5.78. The van der Waals surface area contributed by atoms with Gasteiger partial charge in [-0.25, -0.2) is 0 Å². The third-order valence-electron chi connectivity index (χ3n) is 5.97. The fourth-order valence-corrected chi connectivity index (χ4v) is 6.39. The van der Waals surface area contributed by atoms with Gasteiger partial charge in [-0.1, -0.05) is 146 Å². The lowest BCUT2D eigenvalue weighted by molar-refractivity contribution is 0.307. The van der Waals surface area contributed by atoms with Crippen molar-refractivity contribution < 1.29 is 14.0 Å². The third kappa shape index (κ3) is 8.60. The van der Waals surface area contributed by atoms with Gasteiger partial charge < -0.3 is 14.0 Å². The highest BCUT2D eigenvalue weighted by atomic mass is 31.1. The molecule has 0 saturated heterocycles. The lowest BCUT2D eigenvalue weighted by Crippen LogP contribution is -2.36. The minimum atomic E-state index is -0.868. The van der Waals surface area contributed by atoms with Crippen LogP contribution >= 0.6 is 7.92 Å². The van der Waals surface area contributed by atoms with Gasteiger partial charge in [0.1, 0.15) is 17.2 Å². The monoisotopic (exact) mass is 552 g/mol. The molecule has 0 N–H and O–H groups in total. The lowest BCUT2D eigenvalue weighted by Gasteiger charge is -2.18. The minimum absolute atomic E-state index is 0.446. The summed E-state index contributed by atoms with van der Waals surface area (Å²) < 4.78 is 17.3. The fraction of sp³-hybridized carbons (Fsp3) is 0. The Morgan fingerprint density at radius 1 is 0.293 bits per heavy atom. The van der Waals surface area contributed by atoms with Crippen molar-refractivity contribution >= 4 is 31.2 Å². The van der Waals surface area contributed by atoms with Gasteiger partial charge in [0.05, 0.1) is 0 Å². The molecule has 0 aliphatic rings. The van der Waals surface area contributed by atoms with Crippen molar-refractivity contribution in [3.63, 3.8) is 0 Å². The first-order valence-corrected chi connectivity index (χ1v) is 14.8. The Labute approximate surface area is 243 Å². The first-order valence-electron chi connectivity index (χ1n) is 13.5. The van der Waals surface area contributed by atoms with Gasteiger partial charge in [-0.05, 0) is 60.2 Å². The van der Waals surface area contributed by atoms with Crippen molar-refractivity contribution in [1.29, 1.82) is 0 Å². The van der Waals surface area contributed by atoms with Crippen LogP contribution in [0.5, 0.6) is 17.2 Å². The molecule has 41 heavy (non-hydrogen) atoms. The first-order chi connectivity index (χ1) is 20.3. The molecule has 3 nitrogen and oxygen atoms in total. The summed E-state index contributed by atoms with van der Waals surface area (Å²) in [7, 11) is -1.31. The second-order valence-corrected chi connectivity index (χ2v) is 11.1. The molecule has 0 aliphatic carbocycles. The molecule has 0 fully saturated rings. The van der Waals surface area contributed by atoms with Crippen LogP contribution in [0.4, 0.5) is 0 Å². The van der Waals surface area contributed by atoms with E-state index in [2.05, 4.69) is 91.0 Å². The van der Waals surface area contributed by atoms with Crippen LogP contribution in [-0.2, 0) is 0 Å². The molecular formula is C36H30BO3P. The van der Waals surface area contributed by atoms with Crippen LogP contribution in [0.25, 0.3) is 0 Å². The normalized spacial score (nSPS) is 10.2. The van der Waals surface area contributed by atoms with Gasteiger partial charge in [0.15, 0.2) is 0 Å². The molecule has 0 aromatic heterocycles. The summed E-state index contributed by atoms with van der Waals surface area (Å²) in [6.45, 7) is 0. The zero-order valence-electron chi connectivity index (χ0n) is 22.6. The van der Waals surface area contributed by atoms with Crippen molar-refractivity contribution in [3.05, 3.63) is 182 Å². The Morgan fingerprint density at radius 2 is 0.512 bits per heavy atom. The van der Waals surface area contributed by atoms with Gasteiger partial charge in [-0.3, -0.25) is 0 Å². The number of para-hydroxylation sites is 3. The van der Waals surface area contributed by atoms with E-state index in [0.717, 1.165) is 0 Å². The maximum Gasteiger partial charge on any atom is 0.864 e. The molecule has 0 atom stereocenters.